The normalized spacial score (nSPS) is 11.4. The first-order valence-electron chi connectivity index (χ1n) is 3.97. The first kappa shape index (κ1) is 13.3. The number of pyridine rings is 1. The Morgan fingerprint density at radius 2 is 2.12 bits per heavy atom. The highest BCUT2D eigenvalue weighted by atomic mass is 127. The third-order valence-corrected chi connectivity index (χ3v) is 2.48. The Morgan fingerprint density at radius 1 is 1.50 bits per heavy atom. The molecule has 4 nitrogen and oxygen atoms in total. The largest absolute Gasteiger partial charge is 0.573 e. The zero-order valence-electron chi connectivity index (χ0n) is 8.01. The van der Waals surface area contributed by atoms with Gasteiger partial charge in [-0.25, -0.2) is 4.98 Å². The minimum absolute atomic E-state index is 0.229. The maximum atomic E-state index is 12.0. The highest BCUT2D eigenvalue weighted by Gasteiger charge is 2.33. The molecule has 0 radical (unpaired) electrons. The van der Waals surface area contributed by atoms with Gasteiger partial charge in [0.1, 0.15) is 0 Å². The van der Waals surface area contributed by atoms with Gasteiger partial charge in [0.05, 0.1) is 19.4 Å². The SMILES string of the molecule is COc1nc(CO)c(I)cc1OC(F)(F)F. The summed E-state index contributed by atoms with van der Waals surface area (Å²) in [6, 6.07) is 1.10. The van der Waals surface area contributed by atoms with Crippen molar-refractivity contribution in [3.8, 4) is 11.6 Å². The second-order valence-corrected chi connectivity index (χ2v) is 3.79. The van der Waals surface area contributed by atoms with E-state index in [1.165, 1.54) is 7.11 Å². The maximum Gasteiger partial charge on any atom is 0.573 e. The van der Waals surface area contributed by atoms with Gasteiger partial charge in [0, 0.05) is 9.64 Å². The standard InChI is InChI=1S/C8H7F3INO3/c1-15-7-6(16-8(9,10)11)2-4(12)5(3-14)13-7/h2,14H,3H2,1H3. The van der Waals surface area contributed by atoms with Crippen molar-refractivity contribution in [1.82, 2.24) is 4.98 Å². The fourth-order valence-corrected chi connectivity index (χ4v) is 1.52. The molecule has 0 fully saturated rings. The fraction of sp³-hybridized carbons (Fsp3) is 0.375. The molecule has 0 atom stereocenters. The zero-order chi connectivity index (χ0) is 12.3. The van der Waals surface area contributed by atoms with Gasteiger partial charge in [0.25, 0.3) is 5.88 Å². The van der Waals surface area contributed by atoms with Crippen LogP contribution in [-0.2, 0) is 6.61 Å². The molecular weight excluding hydrogens is 342 g/mol. The number of rotatable bonds is 3. The van der Waals surface area contributed by atoms with Crippen LogP contribution in [0.15, 0.2) is 6.07 Å². The van der Waals surface area contributed by atoms with E-state index in [0.29, 0.717) is 3.57 Å². The summed E-state index contributed by atoms with van der Waals surface area (Å²) in [4.78, 5) is 3.69. The molecule has 1 N–H and O–H groups in total. The summed E-state index contributed by atoms with van der Waals surface area (Å²) < 4.78 is 44.8. The molecule has 8 heteroatoms. The van der Waals surface area contributed by atoms with Gasteiger partial charge in [-0.15, -0.1) is 13.2 Å². The van der Waals surface area contributed by atoms with E-state index in [1.54, 1.807) is 22.6 Å². The van der Waals surface area contributed by atoms with Crippen LogP contribution in [0.25, 0.3) is 0 Å². The van der Waals surface area contributed by atoms with Gasteiger partial charge in [-0.05, 0) is 22.6 Å². The lowest BCUT2D eigenvalue weighted by Gasteiger charge is -2.13. The average Bonchev–Trinajstić information content (AvgIpc) is 2.16. The van der Waals surface area contributed by atoms with E-state index in [-0.39, 0.29) is 18.2 Å². The van der Waals surface area contributed by atoms with Crippen molar-refractivity contribution >= 4 is 22.6 Å². The predicted octanol–water partition coefficient (Wildman–Crippen LogP) is 2.09. The average molecular weight is 349 g/mol. The molecule has 90 valence electrons. The van der Waals surface area contributed by atoms with Gasteiger partial charge < -0.3 is 14.6 Å². The topological polar surface area (TPSA) is 51.6 Å². The molecule has 0 aliphatic carbocycles. The number of nitrogens with zero attached hydrogens (tertiary/aromatic N) is 1. The predicted molar refractivity (Wildman–Crippen MR) is 56.1 cm³/mol. The van der Waals surface area contributed by atoms with E-state index >= 15 is 0 Å². The van der Waals surface area contributed by atoms with E-state index in [1.807, 2.05) is 0 Å². The summed E-state index contributed by atoms with van der Waals surface area (Å²) >= 11 is 1.75. The molecule has 0 amide bonds. The van der Waals surface area contributed by atoms with E-state index < -0.39 is 12.1 Å². The summed E-state index contributed by atoms with van der Waals surface area (Å²) in [5.41, 5.74) is 0.229. The summed E-state index contributed by atoms with van der Waals surface area (Å²) in [6.45, 7) is -0.388. The molecule has 16 heavy (non-hydrogen) atoms. The van der Waals surface area contributed by atoms with Crippen LogP contribution in [0.2, 0.25) is 0 Å². The Kier molecular flexibility index (Phi) is 4.19. The van der Waals surface area contributed by atoms with Crippen molar-refractivity contribution in [2.45, 2.75) is 13.0 Å². The second-order valence-electron chi connectivity index (χ2n) is 2.63. The summed E-state index contributed by atoms with van der Waals surface area (Å²) in [5.74, 6) is -0.849. The fourth-order valence-electron chi connectivity index (χ4n) is 0.946. The summed E-state index contributed by atoms with van der Waals surface area (Å²) in [6.07, 6.45) is -4.81. The highest BCUT2D eigenvalue weighted by Crippen LogP contribution is 2.32. The van der Waals surface area contributed by atoms with Crippen molar-refractivity contribution in [2.75, 3.05) is 7.11 Å². The third-order valence-electron chi connectivity index (χ3n) is 1.55. The van der Waals surface area contributed by atoms with Crippen molar-refractivity contribution in [1.29, 1.82) is 0 Å². The summed E-state index contributed by atoms with van der Waals surface area (Å²) in [5, 5.41) is 8.88. The van der Waals surface area contributed by atoms with E-state index in [2.05, 4.69) is 14.5 Å². The van der Waals surface area contributed by atoms with Gasteiger partial charge in [0.15, 0.2) is 5.75 Å². The van der Waals surface area contributed by atoms with Crippen molar-refractivity contribution in [3.63, 3.8) is 0 Å². The Labute approximate surface area is 103 Å². The number of alkyl halides is 3. The van der Waals surface area contributed by atoms with Gasteiger partial charge in [-0.3, -0.25) is 0 Å². The Balaban J connectivity index is 3.13. The maximum absolute atomic E-state index is 12.0. The number of aromatic nitrogens is 1. The number of aliphatic hydroxyl groups is 1. The van der Waals surface area contributed by atoms with Crippen LogP contribution >= 0.6 is 22.6 Å². The third kappa shape index (κ3) is 3.37. The van der Waals surface area contributed by atoms with Crippen LogP contribution in [0.3, 0.4) is 0 Å². The Bertz CT molecular complexity index is 384. The van der Waals surface area contributed by atoms with Crippen LogP contribution in [0.1, 0.15) is 5.69 Å². The smallest absolute Gasteiger partial charge is 0.478 e. The van der Waals surface area contributed by atoms with Crippen LogP contribution in [0.5, 0.6) is 11.6 Å². The monoisotopic (exact) mass is 349 g/mol. The molecule has 0 aliphatic heterocycles. The first-order chi connectivity index (χ1) is 7.37. The number of halogens is 4. The zero-order valence-corrected chi connectivity index (χ0v) is 10.2. The molecule has 0 saturated heterocycles. The number of aliphatic hydroxyl groups excluding tert-OH is 1. The van der Waals surface area contributed by atoms with E-state index in [4.69, 9.17) is 5.11 Å². The lowest BCUT2D eigenvalue weighted by atomic mass is 10.3. The highest BCUT2D eigenvalue weighted by molar-refractivity contribution is 14.1. The minimum Gasteiger partial charge on any atom is -0.478 e. The van der Waals surface area contributed by atoms with Crippen LogP contribution in [-0.4, -0.2) is 23.6 Å². The first-order valence-corrected chi connectivity index (χ1v) is 5.05. The molecule has 0 bridgehead atoms. The van der Waals surface area contributed by atoms with Gasteiger partial charge in [-0.2, -0.15) is 0 Å². The van der Waals surface area contributed by atoms with Crippen LogP contribution < -0.4 is 9.47 Å². The molecule has 0 saturated carbocycles. The Hall–Kier alpha value is -0.770. The van der Waals surface area contributed by atoms with Crippen LogP contribution in [0, 0.1) is 3.57 Å². The van der Waals surface area contributed by atoms with Crippen molar-refractivity contribution in [2.24, 2.45) is 0 Å². The summed E-state index contributed by atoms with van der Waals surface area (Å²) in [7, 11) is 1.17. The molecule has 1 aromatic rings. The molecule has 1 rings (SSSR count). The Morgan fingerprint density at radius 3 is 2.56 bits per heavy atom. The van der Waals surface area contributed by atoms with Crippen LogP contribution in [0.4, 0.5) is 13.2 Å². The van der Waals surface area contributed by atoms with Gasteiger partial charge in [-0.1, -0.05) is 0 Å². The number of hydrogen-bond acceptors (Lipinski definition) is 4. The van der Waals surface area contributed by atoms with Gasteiger partial charge in [0.2, 0.25) is 0 Å². The molecule has 1 aromatic heterocycles. The van der Waals surface area contributed by atoms with Gasteiger partial charge >= 0.3 is 6.36 Å². The van der Waals surface area contributed by atoms with E-state index in [0.717, 1.165) is 6.07 Å². The van der Waals surface area contributed by atoms with E-state index in [9.17, 15) is 13.2 Å². The lowest BCUT2D eigenvalue weighted by Crippen LogP contribution is -2.18. The molecule has 0 spiro atoms. The molecular formula is C8H7F3INO3. The van der Waals surface area contributed by atoms with Crippen molar-refractivity contribution in [3.05, 3.63) is 15.3 Å². The minimum atomic E-state index is -4.81. The molecule has 0 aromatic carbocycles. The number of methoxy groups -OCH3 is 1. The van der Waals surface area contributed by atoms with Crippen molar-refractivity contribution < 1.29 is 27.8 Å². The molecule has 1 heterocycles. The number of ether oxygens (including phenoxy) is 2. The quantitative estimate of drug-likeness (QED) is 0.850. The molecule has 0 aliphatic rings. The second kappa shape index (κ2) is 5.04. The number of hydrogen-bond donors (Lipinski definition) is 1. The lowest BCUT2D eigenvalue weighted by molar-refractivity contribution is -0.275. The molecule has 0 unspecified atom stereocenters.